The summed E-state index contributed by atoms with van der Waals surface area (Å²) in [5.74, 6) is 0.0775. The van der Waals surface area contributed by atoms with Crippen LogP contribution in [0.3, 0.4) is 0 Å². The lowest BCUT2D eigenvalue weighted by molar-refractivity contribution is -0.113. The van der Waals surface area contributed by atoms with Crippen LogP contribution in [0.25, 0.3) is 0 Å². The van der Waals surface area contributed by atoms with Crippen molar-refractivity contribution >= 4 is 21.7 Å². The van der Waals surface area contributed by atoms with Crippen LogP contribution in [0, 0.1) is 0 Å². The molecule has 0 saturated heterocycles. The third kappa shape index (κ3) is 4.88. The molecule has 1 N–H and O–H groups in total. The van der Waals surface area contributed by atoms with E-state index in [2.05, 4.69) is 40.0 Å². The normalized spacial score (nSPS) is 11.7. The molecule has 1 aromatic carbocycles. The van der Waals surface area contributed by atoms with Crippen molar-refractivity contribution in [3.63, 3.8) is 0 Å². The van der Waals surface area contributed by atoms with Crippen LogP contribution in [-0.4, -0.2) is 5.78 Å². The smallest absolute Gasteiger partial charge is 0.157 e. The van der Waals surface area contributed by atoms with Gasteiger partial charge in [-0.1, -0.05) is 52.8 Å². The summed E-state index contributed by atoms with van der Waals surface area (Å²) in [6, 6.07) is 10.1. The highest BCUT2D eigenvalue weighted by Crippen LogP contribution is 2.18. The lowest BCUT2D eigenvalue weighted by Gasteiger charge is -2.12. The van der Waals surface area contributed by atoms with Gasteiger partial charge in [0.25, 0.3) is 0 Å². The second-order valence-corrected chi connectivity index (χ2v) is 5.31. The number of Topliss-reactive ketones (excluding diaryl/α,β-unsaturated/α-hetero) is 1. The average molecular weight is 308 g/mol. The minimum absolute atomic E-state index is 0.0775. The summed E-state index contributed by atoms with van der Waals surface area (Å²) in [4.78, 5) is 11.6. The van der Waals surface area contributed by atoms with Gasteiger partial charge in [0.05, 0.1) is 0 Å². The first-order valence-corrected chi connectivity index (χ1v) is 6.61. The van der Waals surface area contributed by atoms with Gasteiger partial charge in [0, 0.05) is 24.2 Å². The van der Waals surface area contributed by atoms with Gasteiger partial charge in [0.15, 0.2) is 5.78 Å². The van der Waals surface area contributed by atoms with Crippen molar-refractivity contribution < 1.29 is 4.79 Å². The molecule has 0 atom stereocenters. The predicted octanol–water partition coefficient (Wildman–Crippen LogP) is 3.94. The lowest BCUT2D eigenvalue weighted by atomic mass is 10.1. The van der Waals surface area contributed by atoms with Crippen LogP contribution in [0.15, 0.2) is 52.7 Å². The maximum atomic E-state index is 11.6. The van der Waals surface area contributed by atoms with E-state index in [1.165, 1.54) is 5.56 Å². The van der Waals surface area contributed by atoms with Crippen LogP contribution in [0.4, 0.5) is 0 Å². The molecule has 0 heterocycles. The number of halogens is 1. The first-order chi connectivity index (χ1) is 8.50. The van der Waals surface area contributed by atoms with E-state index in [-0.39, 0.29) is 5.78 Å². The van der Waals surface area contributed by atoms with Crippen LogP contribution < -0.4 is 5.32 Å². The summed E-state index contributed by atoms with van der Waals surface area (Å²) in [6.45, 7) is 8.01. The molecule has 96 valence electrons. The summed E-state index contributed by atoms with van der Waals surface area (Å²) in [5.41, 5.74) is 2.87. The Kier molecular flexibility index (Phi) is 5.86. The Bertz CT molecular complexity index is 463. The van der Waals surface area contributed by atoms with Gasteiger partial charge in [-0.15, -0.1) is 0 Å². The largest absolute Gasteiger partial charge is 0.384 e. The SMILES string of the molecule is C=C(Br)C/C(C(C)=O)=C(/C)NCc1ccccc1. The lowest BCUT2D eigenvalue weighted by Crippen LogP contribution is -2.15. The molecule has 0 aliphatic rings. The highest BCUT2D eigenvalue weighted by Gasteiger charge is 2.09. The summed E-state index contributed by atoms with van der Waals surface area (Å²) < 4.78 is 0.813. The predicted molar refractivity (Wildman–Crippen MR) is 79.3 cm³/mol. The van der Waals surface area contributed by atoms with Gasteiger partial charge in [-0.05, 0) is 23.9 Å². The highest BCUT2D eigenvalue weighted by atomic mass is 79.9. The maximum absolute atomic E-state index is 11.6. The molecule has 0 aliphatic heterocycles. The Morgan fingerprint density at radius 1 is 1.28 bits per heavy atom. The molecule has 0 bridgehead atoms. The molecule has 1 rings (SSSR count). The molecule has 3 heteroatoms. The van der Waals surface area contributed by atoms with Crippen molar-refractivity contribution in [2.75, 3.05) is 0 Å². The second-order valence-electron chi connectivity index (χ2n) is 4.19. The van der Waals surface area contributed by atoms with Crippen molar-refractivity contribution in [2.45, 2.75) is 26.8 Å². The molecule has 0 fully saturated rings. The molecule has 0 amide bonds. The van der Waals surface area contributed by atoms with Gasteiger partial charge >= 0.3 is 0 Å². The van der Waals surface area contributed by atoms with Gasteiger partial charge < -0.3 is 5.32 Å². The highest BCUT2D eigenvalue weighted by molar-refractivity contribution is 9.11. The fourth-order valence-corrected chi connectivity index (χ4v) is 1.93. The molecular formula is C15H18BrNO. The maximum Gasteiger partial charge on any atom is 0.157 e. The van der Waals surface area contributed by atoms with Crippen LogP contribution in [0.1, 0.15) is 25.8 Å². The molecular weight excluding hydrogens is 290 g/mol. The van der Waals surface area contributed by atoms with Crippen molar-refractivity contribution in [1.82, 2.24) is 5.32 Å². The summed E-state index contributed by atoms with van der Waals surface area (Å²) in [6.07, 6.45) is 0.558. The van der Waals surface area contributed by atoms with Crippen molar-refractivity contribution in [3.05, 3.63) is 58.2 Å². The molecule has 1 aromatic rings. The van der Waals surface area contributed by atoms with Crippen molar-refractivity contribution in [1.29, 1.82) is 0 Å². The summed E-state index contributed by atoms with van der Waals surface area (Å²) >= 11 is 3.30. The second kappa shape index (κ2) is 7.17. The number of rotatable bonds is 6. The Balaban J connectivity index is 2.73. The Hall–Kier alpha value is -1.35. The van der Waals surface area contributed by atoms with E-state index in [1.807, 2.05) is 25.1 Å². The molecule has 0 unspecified atom stereocenters. The fourth-order valence-electron chi connectivity index (χ4n) is 1.65. The zero-order valence-corrected chi connectivity index (χ0v) is 12.4. The van der Waals surface area contributed by atoms with E-state index in [1.54, 1.807) is 6.92 Å². The van der Waals surface area contributed by atoms with Crippen LogP contribution in [-0.2, 0) is 11.3 Å². The Morgan fingerprint density at radius 3 is 2.39 bits per heavy atom. The van der Waals surface area contributed by atoms with E-state index in [4.69, 9.17) is 0 Å². The summed E-state index contributed by atoms with van der Waals surface area (Å²) in [7, 11) is 0. The number of hydrogen-bond donors (Lipinski definition) is 1. The van der Waals surface area contributed by atoms with E-state index < -0.39 is 0 Å². The quantitative estimate of drug-likeness (QED) is 0.807. The molecule has 0 saturated carbocycles. The van der Waals surface area contributed by atoms with Crippen molar-refractivity contribution in [3.8, 4) is 0 Å². The number of allylic oxidation sites excluding steroid dienone is 3. The number of hydrogen-bond acceptors (Lipinski definition) is 2. The van der Waals surface area contributed by atoms with Crippen LogP contribution in [0.5, 0.6) is 0 Å². The monoisotopic (exact) mass is 307 g/mol. The Morgan fingerprint density at radius 2 is 1.89 bits per heavy atom. The van der Waals surface area contributed by atoms with Gasteiger partial charge in [-0.3, -0.25) is 4.79 Å². The zero-order chi connectivity index (χ0) is 13.5. The van der Waals surface area contributed by atoms with Gasteiger partial charge in [0.1, 0.15) is 0 Å². The number of carbonyl (C=O) groups is 1. The molecule has 18 heavy (non-hydrogen) atoms. The summed E-state index contributed by atoms with van der Waals surface area (Å²) in [5, 5.41) is 3.28. The number of ketones is 1. The molecule has 0 aliphatic carbocycles. The molecule has 0 radical (unpaired) electrons. The zero-order valence-electron chi connectivity index (χ0n) is 10.8. The first kappa shape index (κ1) is 14.7. The molecule has 0 aromatic heterocycles. The third-order valence-electron chi connectivity index (χ3n) is 2.65. The molecule has 0 spiro atoms. The topological polar surface area (TPSA) is 29.1 Å². The van der Waals surface area contributed by atoms with E-state index in [0.29, 0.717) is 6.42 Å². The molecule has 2 nitrogen and oxygen atoms in total. The number of benzene rings is 1. The van der Waals surface area contributed by atoms with Gasteiger partial charge in [-0.2, -0.15) is 0 Å². The Labute approximate surface area is 117 Å². The van der Waals surface area contributed by atoms with E-state index in [0.717, 1.165) is 22.3 Å². The van der Waals surface area contributed by atoms with Crippen LogP contribution in [0.2, 0.25) is 0 Å². The average Bonchev–Trinajstić information content (AvgIpc) is 2.34. The van der Waals surface area contributed by atoms with E-state index in [9.17, 15) is 4.79 Å². The van der Waals surface area contributed by atoms with Gasteiger partial charge in [-0.25, -0.2) is 0 Å². The van der Waals surface area contributed by atoms with Gasteiger partial charge in [0.2, 0.25) is 0 Å². The van der Waals surface area contributed by atoms with Crippen LogP contribution >= 0.6 is 15.9 Å². The standard InChI is InChI=1S/C15H18BrNO/c1-11(16)9-15(13(3)18)12(2)17-10-14-7-5-4-6-8-14/h4-8,17H,1,9-10H2,2-3H3/b15-12+. The minimum Gasteiger partial charge on any atom is -0.384 e. The third-order valence-corrected chi connectivity index (χ3v) is 2.93. The minimum atomic E-state index is 0.0775. The van der Waals surface area contributed by atoms with E-state index >= 15 is 0 Å². The van der Waals surface area contributed by atoms with Crippen molar-refractivity contribution in [2.24, 2.45) is 0 Å². The number of carbonyl (C=O) groups excluding carboxylic acids is 1. The fraction of sp³-hybridized carbons (Fsp3) is 0.267. The number of nitrogens with one attached hydrogen (secondary N) is 1. The first-order valence-electron chi connectivity index (χ1n) is 5.82.